The van der Waals surface area contributed by atoms with Gasteiger partial charge in [-0.05, 0) is 36.4 Å². The summed E-state index contributed by atoms with van der Waals surface area (Å²) in [6.07, 6.45) is 0.0212. The first-order chi connectivity index (χ1) is 12.4. The molecule has 0 fully saturated rings. The number of hydrogen-bond donors (Lipinski definition) is 2. The van der Waals surface area contributed by atoms with E-state index in [1.807, 2.05) is 0 Å². The number of rotatable bonds is 8. The van der Waals surface area contributed by atoms with Crippen LogP contribution in [-0.2, 0) is 9.59 Å². The van der Waals surface area contributed by atoms with Gasteiger partial charge in [0.15, 0.2) is 0 Å². The molecule has 2 amide bonds. The lowest BCUT2D eigenvalue weighted by Crippen LogP contribution is -2.36. The maximum atomic E-state index is 13.7. The second-order valence-corrected chi connectivity index (χ2v) is 5.48. The summed E-state index contributed by atoms with van der Waals surface area (Å²) in [7, 11) is 1.52. The van der Waals surface area contributed by atoms with Crippen molar-refractivity contribution in [3.05, 3.63) is 54.1 Å². The van der Waals surface area contributed by atoms with Gasteiger partial charge in [0, 0.05) is 18.7 Å². The average molecular weight is 363 g/mol. The van der Waals surface area contributed by atoms with Gasteiger partial charge in [-0.1, -0.05) is 6.07 Å². The van der Waals surface area contributed by atoms with Crippen LogP contribution in [0.2, 0.25) is 0 Å². The van der Waals surface area contributed by atoms with Crippen molar-refractivity contribution in [2.24, 2.45) is 5.73 Å². The number of nitrogens with zero attached hydrogens (tertiary/aromatic N) is 1. The number of carbonyl (C=O) groups excluding carboxylic acids is 2. The van der Waals surface area contributed by atoms with Gasteiger partial charge in [0.05, 0.1) is 13.7 Å². The summed E-state index contributed by atoms with van der Waals surface area (Å²) in [6.45, 7) is -0.0395. The van der Waals surface area contributed by atoms with E-state index in [4.69, 9.17) is 10.5 Å². The second kappa shape index (κ2) is 8.80. The minimum absolute atomic E-state index is 0.0212. The van der Waals surface area contributed by atoms with E-state index in [0.29, 0.717) is 11.4 Å². The maximum Gasteiger partial charge on any atom is 0.244 e. The third kappa shape index (κ3) is 5.17. The maximum absolute atomic E-state index is 13.7. The lowest BCUT2D eigenvalue weighted by Gasteiger charge is -2.24. The van der Waals surface area contributed by atoms with Crippen LogP contribution in [0.5, 0.6) is 5.75 Å². The predicted molar refractivity (Wildman–Crippen MR) is 94.0 cm³/mol. The van der Waals surface area contributed by atoms with E-state index >= 15 is 0 Å². The number of primary amides is 1. The van der Waals surface area contributed by atoms with Crippen LogP contribution in [0.25, 0.3) is 0 Å². The van der Waals surface area contributed by atoms with Crippen LogP contribution in [-0.4, -0.2) is 32.0 Å². The number of para-hydroxylation sites is 1. The highest BCUT2D eigenvalue weighted by Gasteiger charge is 2.16. The number of halogens is 2. The van der Waals surface area contributed by atoms with Gasteiger partial charge < -0.3 is 20.7 Å². The van der Waals surface area contributed by atoms with Gasteiger partial charge in [-0.3, -0.25) is 9.59 Å². The quantitative estimate of drug-likeness (QED) is 0.754. The molecule has 0 heterocycles. The number of nitrogens with one attached hydrogen (secondary N) is 1. The van der Waals surface area contributed by atoms with E-state index < -0.39 is 29.1 Å². The molecule has 0 unspecified atom stereocenters. The molecule has 6 nitrogen and oxygen atoms in total. The van der Waals surface area contributed by atoms with Gasteiger partial charge in [0.1, 0.15) is 23.1 Å². The normalized spacial score (nSPS) is 10.3. The molecule has 0 saturated heterocycles. The fourth-order valence-electron chi connectivity index (χ4n) is 2.31. The highest BCUT2D eigenvalue weighted by Crippen LogP contribution is 2.21. The molecule has 3 N–H and O–H groups in total. The van der Waals surface area contributed by atoms with Crippen molar-refractivity contribution in [3.8, 4) is 5.75 Å². The number of anilines is 2. The Balaban J connectivity index is 2.14. The fraction of sp³-hybridized carbons (Fsp3) is 0.222. The van der Waals surface area contributed by atoms with Crippen LogP contribution in [0.15, 0.2) is 42.5 Å². The van der Waals surface area contributed by atoms with E-state index in [9.17, 15) is 18.4 Å². The summed E-state index contributed by atoms with van der Waals surface area (Å²) in [5, 5.41) is 2.22. The first kappa shape index (κ1) is 19.2. The van der Waals surface area contributed by atoms with E-state index in [-0.39, 0.29) is 19.5 Å². The predicted octanol–water partition coefficient (Wildman–Crippen LogP) is 2.29. The van der Waals surface area contributed by atoms with Gasteiger partial charge in [-0.2, -0.15) is 0 Å². The number of methoxy groups -OCH3 is 1. The van der Waals surface area contributed by atoms with Crippen molar-refractivity contribution in [1.29, 1.82) is 0 Å². The van der Waals surface area contributed by atoms with Crippen molar-refractivity contribution in [1.82, 2.24) is 0 Å². The lowest BCUT2D eigenvalue weighted by atomic mass is 10.2. The first-order valence-electron chi connectivity index (χ1n) is 7.82. The minimum Gasteiger partial charge on any atom is -0.497 e. The Labute approximate surface area is 149 Å². The van der Waals surface area contributed by atoms with Crippen molar-refractivity contribution >= 4 is 23.2 Å². The molecule has 0 aliphatic carbocycles. The zero-order valence-electron chi connectivity index (χ0n) is 14.2. The van der Waals surface area contributed by atoms with E-state index in [0.717, 1.165) is 12.1 Å². The number of benzene rings is 2. The zero-order chi connectivity index (χ0) is 19.1. The molecule has 0 atom stereocenters. The zero-order valence-corrected chi connectivity index (χ0v) is 14.2. The molecule has 0 spiro atoms. The van der Waals surface area contributed by atoms with Crippen LogP contribution >= 0.6 is 0 Å². The molecular weight excluding hydrogens is 344 g/mol. The summed E-state index contributed by atoms with van der Waals surface area (Å²) < 4.78 is 32.4. The van der Waals surface area contributed by atoms with E-state index in [1.165, 1.54) is 13.2 Å². The molecule has 138 valence electrons. The van der Waals surface area contributed by atoms with Crippen molar-refractivity contribution in [3.63, 3.8) is 0 Å². The van der Waals surface area contributed by atoms with Crippen LogP contribution < -0.4 is 20.7 Å². The third-order valence-corrected chi connectivity index (χ3v) is 3.63. The number of ether oxygens (including phenoxy) is 1. The lowest BCUT2D eigenvalue weighted by molar-refractivity contribution is -0.118. The van der Waals surface area contributed by atoms with Gasteiger partial charge in [-0.15, -0.1) is 0 Å². The molecule has 0 bridgehead atoms. The highest BCUT2D eigenvalue weighted by molar-refractivity contribution is 5.94. The summed E-state index contributed by atoms with van der Waals surface area (Å²) in [6, 6.07) is 10.1. The molecule has 8 heteroatoms. The minimum atomic E-state index is -0.869. The molecule has 0 aliphatic heterocycles. The Bertz CT molecular complexity index is 762. The Morgan fingerprint density at radius 3 is 2.27 bits per heavy atom. The van der Waals surface area contributed by atoms with Gasteiger partial charge >= 0.3 is 0 Å². The van der Waals surface area contributed by atoms with Crippen molar-refractivity contribution < 1.29 is 23.1 Å². The molecule has 0 aliphatic rings. The average Bonchev–Trinajstić information content (AvgIpc) is 2.62. The SMILES string of the molecule is COc1ccc(N(CCC(N)=O)CC(=O)Nc2c(F)cccc2F)cc1. The van der Waals surface area contributed by atoms with Crippen LogP contribution in [0.1, 0.15) is 6.42 Å². The van der Waals surface area contributed by atoms with E-state index in [2.05, 4.69) is 5.32 Å². The Hall–Kier alpha value is -3.16. The molecule has 0 saturated carbocycles. The van der Waals surface area contributed by atoms with Crippen molar-refractivity contribution in [2.75, 3.05) is 30.4 Å². The molecule has 26 heavy (non-hydrogen) atoms. The Kier molecular flexibility index (Phi) is 6.48. The van der Waals surface area contributed by atoms with Crippen molar-refractivity contribution in [2.45, 2.75) is 6.42 Å². The van der Waals surface area contributed by atoms with Crippen LogP contribution in [0, 0.1) is 11.6 Å². The molecular formula is C18H19F2N3O3. The standard InChI is InChI=1S/C18H19F2N3O3/c1-26-13-7-5-12(6-8-13)23(10-9-16(21)24)11-17(25)22-18-14(19)3-2-4-15(18)20/h2-8H,9-11H2,1H3,(H2,21,24)(H,22,25). The second-order valence-electron chi connectivity index (χ2n) is 5.48. The largest absolute Gasteiger partial charge is 0.497 e. The summed E-state index contributed by atoms with van der Waals surface area (Å²) in [4.78, 5) is 24.9. The number of nitrogens with two attached hydrogens (primary N) is 1. The number of amides is 2. The Morgan fingerprint density at radius 1 is 1.12 bits per heavy atom. The third-order valence-electron chi connectivity index (χ3n) is 3.63. The Morgan fingerprint density at radius 2 is 1.73 bits per heavy atom. The number of hydrogen-bond acceptors (Lipinski definition) is 4. The molecule has 2 aromatic carbocycles. The van der Waals surface area contributed by atoms with Crippen LogP contribution in [0.3, 0.4) is 0 Å². The fourth-order valence-corrected chi connectivity index (χ4v) is 2.31. The van der Waals surface area contributed by atoms with Gasteiger partial charge in [0.25, 0.3) is 0 Å². The molecule has 2 aromatic rings. The van der Waals surface area contributed by atoms with Gasteiger partial charge in [-0.25, -0.2) is 8.78 Å². The molecule has 0 aromatic heterocycles. The highest BCUT2D eigenvalue weighted by atomic mass is 19.1. The summed E-state index contributed by atoms with van der Waals surface area (Å²) in [5.74, 6) is -2.27. The van der Waals surface area contributed by atoms with Gasteiger partial charge in [0.2, 0.25) is 11.8 Å². The summed E-state index contributed by atoms with van der Waals surface area (Å²) in [5.41, 5.74) is 5.30. The first-order valence-corrected chi connectivity index (χ1v) is 7.82. The smallest absolute Gasteiger partial charge is 0.244 e. The number of carbonyl (C=O) groups is 2. The summed E-state index contributed by atoms with van der Waals surface area (Å²) >= 11 is 0. The van der Waals surface area contributed by atoms with E-state index in [1.54, 1.807) is 29.2 Å². The topological polar surface area (TPSA) is 84.7 Å². The monoisotopic (exact) mass is 363 g/mol. The molecule has 2 rings (SSSR count). The molecule has 0 radical (unpaired) electrons. The van der Waals surface area contributed by atoms with Crippen LogP contribution in [0.4, 0.5) is 20.2 Å².